The highest BCUT2D eigenvalue weighted by atomic mass is 32.2. The Balaban J connectivity index is 1.29. The molecular weight excluding hydrogens is 384 g/mol. The summed E-state index contributed by atoms with van der Waals surface area (Å²) in [5, 5.41) is 13.1. The third-order valence-corrected chi connectivity index (χ3v) is 8.74. The lowest BCUT2D eigenvalue weighted by Gasteiger charge is -2.37. The molecule has 0 spiro atoms. The number of carbonyl (C=O) groups is 1. The predicted octanol–water partition coefficient (Wildman–Crippen LogP) is 0.852. The molecular formula is C18H24N4O3S2. The third kappa shape index (κ3) is 4.04. The summed E-state index contributed by atoms with van der Waals surface area (Å²) in [6, 6.07) is 2.39. The molecule has 27 heavy (non-hydrogen) atoms. The van der Waals surface area contributed by atoms with Gasteiger partial charge in [0.1, 0.15) is 11.1 Å². The lowest BCUT2D eigenvalue weighted by atomic mass is 10.1. The molecule has 1 aromatic heterocycles. The number of nitrogens with one attached hydrogen (secondary N) is 1. The molecule has 146 valence electrons. The first-order valence-corrected chi connectivity index (χ1v) is 12.1. The maximum Gasteiger partial charge on any atom is 0.239 e. The SMILES string of the molecule is N#Cc1c(NC(=O)CN2CCN([C@@H]3CCS(=O)(=O)C3)CC2)sc2c1CCC2. The minimum Gasteiger partial charge on any atom is -0.315 e. The topological polar surface area (TPSA) is 93.5 Å². The number of anilines is 1. The average Bonchev–Trinajstić information content (AvgIpc) is 3.29. The van der Waals surface area contributed by atoms with Crippen LogP contribution in [-0.4, -0.2) is 74.4 Å². The van der Waals surface area contributed by atoms with Gasteiger partial charge in [-0.25, -0.2) is 8.42 Å². The number of carbonyl (C=O) groups excluding carboxylic acids is 1. The lowest BCUT2D eigenvalue weighted by Crippen LogP contribution is -2.52. The molecule has 1 aromatic rings. The highest BCUT2D eigenvalue weighted by molar-refractivity contribution is 7.91. The van der Waals surface area contributed by atoms with E-state index in [2.05, 4.69) is 21.2 Å². The third-order valence-electron chi connectivity index (χ3n) is 5.78. The largest absolute Gasteiger partial charge is 0.315 e. The van der Waals surface area contributed by atoms with Crippen LogP contribution in [0.3, 0.4) is 0 Å². The van der Waals surface area contributed by atoms with Gasteiger partial charge in [-0.2, -0.15) is 5.26 Å². The number of amides is 1. The minimum absolute atomic E-state index is 0.0803. The van der Waals surface area contributed by atoms with E-state index in [4.69, 9.17) is 0 Å². The van der Waals surface area contributed by atoms with Crippen LogP contribution in [0.5, 0.6) is 0 Å². The van der Waals surface area contributed by atoms with Crippen molar-refractivity contribution < 1.29 is 13.2 Å². The lowest BCUT2D eigenvalue weighted by molar-refractivity contribution is -0.117. The van der Waals surface area contributed by atoms with Crippen molar-refractivity contribution in [1.82, 2.24) is 9.80 Å². The molecule has 2 aliphatic heterocycles. The van der Waals surface area contributed by atoms with E-state index in [1.54, 1.807) is 11.3 Å². The summed E-state index contributed by atoms with van der Waals surface area (Å²) in [5.74, 6) is 0.489. The van der Waals surface area contributed by atoms with Gasteiger partial charge in [0.2, 0.25) is 5.91 Å². The Kier molecular flexibility index (Phi) is 5.25. The Hall–Kier alpha value is -1.47. The monoisotopic (exact) mass is 408 g/mol. The molecule has 7 nitrogen and oxygen atoms in total. The highest BCUT2D eigenvalue weighted by Crippen LogP contribution is 2.38. The van der Waals surface area contributed by atoms with E-state index in [1.165, 1.54) is 4.88 Å². The van der Waals surface area contributed by atoms with Gasteiger partial charge in [-0.3, -0.25) is 14.6 Å². The van der Waals surface area contributed by atoms with Crippen molar-refractivity contribution in [2.45, 2.75) is 31.7 Å². The van der Waals surface area contributed by atoms with Gasteiger partial charge >= 0.3 is 0 Å². The van der Waals surface area contributed by atoms with E-state index in [1.807, 2.05) is 0 Å². The van der Waals surface area contributed by atoms with Crippen molar-refractivity contribution in [3.63, 3.8) is 0 Å². The van der Waals surface area contributed by atoms with Crippen LogP contribution in [0.15, 0.2) is 0 Å². The summed E-state index contributed by atoms with van der Waals surface area (Å²) in [6.45, 7) is 3.42. The van der Waals surface area contributed by atoms with Gasteiger partial charge in [0.25, 0.3) is 0 Å². The average molecular weight is 409 g/mol. The first-order valence-electron chi connectivity index (χ1n) is 9.46. The van der Waals surface area contributed by atoms with Crippen LogP contribution in [0.25, 0.3) is 0 Å². The van der Waals surface area contributed by atoms with E-state index >= 15 is 0 Å². The number of sulfone groups is 1. The molecule has 3 aliphatic rings. The van der Waals surface area contributed by atoms with Crippen LogP contribution < -0.4 is 5.32 Å². The summed E-state index contributed by atoms with van der Waals surface area (Å²) in [5.41, 5.74) is 1.77. The number of piperazine rings is 1. The van der Waals surface area contributed by atoms with Gasteiger partial charge in [0, 0.05) is 37.1 Å². The molecule has 0 unspecified atom stereocenters. The summed E-state index contributed by atoms with van der Waals surface area (Å²) in [6.07, 6.45) is 3.76. The van der Waals surface area contributed by atoms with Gasteiger partial charge < -0.3 is 5.32 Å². The second-order valence-electron chi connectivity index (χ2n) is 7.59. The Morgan fingerprint density at radius 3 is 2.70 bits per heavy atom. The van der Waals surface area contributed by atoms with Crippen molar-refractivity contribution in [2.75, 3.05) is 49.5 Å². The summed E-state index contributed by atoms with van der Waals surface area (Å²) in [7, 11) is -2.86. The van der Waals surface area contributed by atoms with Crippen molar-refractivity contribution in [3.05, 3.63) is 16.0 Å². The molecule has 1 amide bonds. The van der Waals surface area contributed by atoms with Gasteiger partial charge in [0.15, 0.2) is 9.84 Å². The summed E-state index contributed by atoms with van der Waals surface area (Å²) < 4.78 is 23.3. The molecule has 0 radical (unpaired) electrons. The standard InChI is InChI=1S/C18H24N4O3S2/c19-10-15-14-2-1-3-16(14)26-18(15)20-17(23)11-21-5-7-22(8-6-21)13-4-9-27(24,25)12-13/h13H,1-9,11-12H2,(H,20,23)/t13-/m1/s1. The van der Waals surface area contributed by atoms with Crippen LogP contribution in [0.1, 0.15) is 28.8 Å². The zero-order chi connectivity index (χ0) is 19.0. The molecule has 2 fully saturated rings. The Morgan fingerprint density at radius 2 is 2.04 bits per heavy atom. The minimum atomic E-state index is -2.86. The molecule has 0 saturated carbocycles. The van der Waals surface area contributed by atoms with Gasteiger partial charge in [-0.15, -0.1) is 11.3 Å². The quantitative estimate of drug-likeness (QED) is 0.794. The van der Waals surface area contributed by atoms with E-state index in [0.717, 1.165) is 57.4 Å². The zero-order valence-electron chi connectivity index (χ0n) is 15.2. The van der Waals surface area contributed by atoms with Crippen LogP contribution >= 0.6 is 11.3 Å². The number of hydrogen-bond donors (Lipinski definition) is 1. The fourth-order valence-electron chi connectivity index (χ4n) is 4.33. The number of nitrogens with zero attached hydrogens (tertiary/aromatic N) is 3. The van der Waals surface area contributed by atoms with Crippen molar-refractivity contribution >= 4 is 32.1 Å². The molecule has 1 atom stereocenters. The maximum absolute atomic E-state index is 12.5. The molecule has 1 N–H and O–H groups in total. The van der Waals surface area contributed by atoms with E-state index in [9.17, 15) is 18.5 Å². The van der Waals surface area contributed by atoms with E-state index in [-0.39, 0.29) is 17.7 Å². The van der Waals surface area contributed by atoms with E-state index < -0.39 is 9.84 Å². The zero-order valence-corrected chi connectivity index (χ0v) is 16.9. The second-order valence-corrected chi connectivity index (χ2v) is 10.9. The number of fused-ring (bicyclic) bond motifs is 1. The van der Waals surface area contributed by atoms with Gasteiger partial charge in [-0.1, -0.05) is 0 Å². The summed E-state index contributed by atoms with van der Waals surface area (Å²) >= 11 is 1.54. The molecule has 2 saturated heterocycles. The highest BCUT2D eigenvalue weighted by Gasteiger charge is 2.34. The van der Waals surface area contributed by atoms with Crippen molar-refractivity contribution in [2.24, 2.45) is 0 Å². The second kappa shape index (κ2) is 7.51. The summed E-state index contributed by atoms with van der Waals surface area (Å²) in [4.78, 5) is 18.0. The van der Waals surface area contributed by atoms with Gasteiger partial charge in [-0.05, 0) is 31.2 Å². The smallest absolute Gasteiger partial charge is 0.239 e. The van der Waals surface area contributed by atoms with Gasteiger partial charge in [0.05, 0.1) is 23.6 Å². The number of aryl methyl sites for hydroxylation is 1. The molecule has 4 rings (SSSR count). The predicted molar refractivity (Wildman–Crippen MR) is 105 cm³/mol. The molecule has 3 heterocycles. The Bertz CT molecular complexity index is 879. The number of hydrogen-bond acceptors (Lipinski definition) is 7. The molecule has 9 heteroatoms. The Labute approximate surface area is 163 Å². The number of nitriles is 1. The maximum atomic E-state index is 12.5. The first-order chi connectivity index (χ1) is 12.9. The fraction of sp³-hybridized carbons (Fsp3) is 0.667. The van der Waals surface area contributed by atoms with Crippen molar-refractivity contribution in [3.8, 4) is 6.07 Å². The molecule has 1 aliphatic carbocycles. The fourth-order valence-corrected chi connectivity index (χ4v) is 7.35. The molecule has 0 bridgehead atoms. The Morgan fingerprint density at radius 1 is 1.26 bits per heavy atom. The van der Waals surface area contributed by atoms with Crippen LogP contribution in [-0.2, 0) is 27.5 Å². The van der Waals surface area contributed by atoms with Crippen molar-refractivity contribution in [1.29, 1.82) is 5.26 Å². The van der Waals surface area contributed by atoms with Crippen LogP contribution in [0.2, 0.25) is 0 Å². The van der Waals surface area contributed by atoms with E-state index in [0.29, 0.717) is 22.9 Å². The normalized spacial score (nSPS) is 25.2. The first kappa shape index (κ1) is 18.9. The number of rotatable bonds is 4. The molecule has 0 aromatic carbocycles. The van der Waals surface area contributed by atoms with Crippen LogP contribution in [0.4, 0.5) is 5.00 Å². The van der Waals surface area contributed by atoms with Crippen LogP contribution in [0, 0.1) is 11.3 Å². The number of thiophene rings is 1.